The number of hydrogen-bond donors (Lipinski definition) is 0. The predicted molar refractivity (Wildman–Crippen MR) is 110 cm³/mol. The zero-order valence-electron chi connectivity index (χ0n) is 16.0. The highest BCUT2D eigenvalue weighted by atomic mass is 32.1. The van der Waals surface area contributed by atoms with Crippen molar-refractivity contribution in [2.45, 2.75) is 31.2 Å². The molecule has 0 spiro atoms. The topological polar surface area (TPSA) is 72.9 Å². The third-order valence-corrected chi connectivity index (χ3v) is 7.31. The fourth-order valence-corrected chi connectivity index (χ4v) is 5.45. The molecule has 2 bridgehead atoms. The smallest absolute Gasteiger partial charge is 0.311 e. The predicted octanol–water partition coefficient (Wildman–Crippen LogP) is 2.71. The molecule has 0 aromatic carbocycles. The quantitative estimate of drug-likeness (QED) is 0.596. The number of rotatable bonds is 8. The van der Waals surface area contributed by atoms with E-state index in [0.717, 1.165) is 36.4 Å². The van der Waals surface area contributed by atoms with E-state index in [4.69, 9.17) is 9.47 Å². The van der Waals surface area contributed by atoms with E-state index in [2.05, 4.69) is 0 Å². The number of esters is 2. The van der Waals surface area contributed by atoms with Crippen molar-refractivity contribution < 1.29 is 23.9 Å². The molecule has 0 amide bonds. The Morgan fingerprint density at radius 3 is 2.38 bits per heavy atom. The van der Waals surface area contributed by atoms with Gasteiger partial charge in [-0.1, -0.05) is 6.07 Å². The second-order valence-electron chi connectivity index (χ2n) is 7.54. The van der Waals surface area contributed by atoms with Gasteiger partial charge >= 0.3 is 11.9 Å². The standard InChI is InChI=1S/C21H23NO5S2/c23-18(10-15-5-9-28-12-15)26-13-21(20(25)16-3-6-22(21)7-4-16)14-27-19(24)11-17-2-1-8-29-17/h1-2,5,8-9,12,16H,3-4,6-7,10-11,13-14H2. The lowest BCUT2D eigenvalue weighted by molar-refractivity contribution is -0.172. The molecule has 29 heavy (non-hydrogen) atoms. The van der Waals surface area contributed by atoms with Crippen LogP contribution >= 0.6 is 22.7 Å². The van der Waals surface area contributed by atoms with Gasteiger partial charge in [0.15, 0.2) is 5.78 Å². The van der Waals surface area contributed by atoms with Crippen LogP contribution in [0.15, 0.2) is 34.3 Å². The summed E-state index contributed by atoms with van der Waals surface area (Å²) in [5.74, 6) is -0.760. The first-order valence-electron chi connectivity index (χ1n) is 9.71. The van der Waals surface area contributed by atoms with Crippen LogP contribution in [0.4, 0.5) is 0 Å². The van der Waals surface area contributed by atoms with E-state index in [1.807, 2.05) is 39.2 Å². The average Bonchev–Trinajstić information content (AvgIpc) is 3.42. The van der Waals surface area contributed by atoms with Crippen molar-refractivity contribution in [3.8, 4) is 0 Å². The number of piperidine rings is 3. The van der Waals surface area contributed by atoms with E-state index in [9.17, 15) is 14.4 Å². The van der Waals surface area contributed by atoms with E-state index in [-0.39, 0.29) is 49.7 Å². The van der Waals surface area contributed by atoms with E-state index >= 15 is 0 Å². The van der Waals surface area contributed by atoms with Crippen LogP contribution in [0.2, 0.25) is 0 Å². The number of ketones is 1. The van der Waals surface area contributed by atoms with Gasteiger partial charge in [0, 0.05) is 23.9 Å². The first-order chi connectivity index (χ1) is 14.1. The minimum atomic E-state index is -1.06. The van der Waals surface area contributed by atoms with Crippen molar-refractivity contribution in [1.82, 2.24) is 4.90 Å². The normalized spacial score (nSPS) is 25.7. The molecule has 2 aromatic heterocycles. The summed E-state index contributed by atoms with van der Waals surface area (Å²) in [5.41, 5.74) is -0.162. The lowest BCUT2D eigenvalue weighted by Gasteiger charge is -2.51. The van der Waals surface area contributed by atoms with Crippen LogP contribution in [0.25, 0.3) is 0 Å². The van der Waals surface area contributed by atoms with Gasteiger partial charge in [-0.2, -0.15) is 11.3 Å². The van der Waals surface area contributed by atoms with Crippen LogP contribution in [-0.4, -0.2) is 54.5 Å². The summed E-state index contributed by atoms with van der Waals surface area (Å²) >= 11 is 3.02. The Hall–Kier alpha value is -2.03. The summed E-state index contributed by atoms with van der Waals surface area (Å²) in [4.78, 5) is 40.7. The second-order valence-corrected chi connectivity index (χ2v) is 9.36. The van der Waals surface area contributed by atoms with Crippen LogP contribution in [-0.2, 0) is 36.7 Å². The number of Topliss-reactive ketones (excluding diaryl/α,β-unsaturated/α-hetero) is 1. The molecule has 3 aliphatic rings. The van der Waals surface area contributed by atoms with Crippen LogP contribution in [0.3, 0.4) is 0 Å². The largest absolute Gasteiger partial charge is 0.463 e. The number of ether oxygens (including phenoxy) is 2. The van der Waals surface area contributed by atoms with E-state index in [1.165, 1.54) is 22.7 Å². The molecule has 0 aliphatic carbocycles. The minimum absolute atomic E-state index is 0.0299. The summed E-state index contributed by atoms with van der Waals surface area (Å²) in [6, 6.07) is 5.65. The molecule has 3 saturated heterocycles. The lowest BCUT2D eigenvalue weighted by Crippen LogP contribution is -2.69. The molecule has 5 heterocycles. The van der Waals surface area contributed by atoms with Gasteiger partial charge in [-0.25, -0.2) is 0 Å². The van der Waals surface area contributed by atoms with Crippen molar-refractivity contribution in [2.24, 2.45) is 5.92 Å². The zero-order valence-corrected chi connectivity index (χ0v) is 17.6. The fraction of sp³-hybridized carbons (Fsp3) is 0.476. The molecular formula is C21H23NO5S2. The van der Waals surface area contributed by atoms with Crippen LogP contribution in [0.5, 0.6) is 0 Å². The van der Waals surface area contributed by atoms with Crippen molar-refractivity contribution in [3.05, 3.63) is 44.8 Å². The molecule has 0 saturated carbocycles. The Kier molecular flexibility index (Phi) is 6.12. The van der Waals surface area contributed by atoms with Gasteiger partial charge in [-0.15, -0.1) is 11.3 Å². The van der Waals surface area contributed by atoms with E-state index in [0.29, 0.717) is 0 Å². The molecule has 8 heteroatoms. The van der Waals surface area contributed by atoms with Gasteiger partial charge in [-0.05, 0) is 46.7 Å². The Morgan fingerprint density at radius 1 is 1.07 bits per heavy atom. The van der Waals surface area contributed by atoms with Gasteiger partial charge in [-0.3, -0.25) is 19.3 Å². The lowest BCUT2D eigenvalue weighted by atomic mass is 9.74. The van der Waals surface area contributed by atoms with Crippen molar-refractivity contribution in [1.29, 1.82) is 0 Å². The first kappa shape index (κ1) is 20.3. The average molecular weight is 434 g/mol. The number of thiophene rings is 2. The van der Waals surface area contributed by atoms with Gasteiger partial charge < -0.3 is 9.47 Å². The maximum atomic E-state index is 13.1. The molecule has 2 aromatic rings. The molecule has 0 radical (unpaired) electrons. The van der Waals surface area contributed by atoms with E-state index < -0.39 is 5.54 Å². The number of hydrogen-bond acceptors (Lipinski definition) is 8. The Balaban J connectivity index is 1.42. The van der Waals surface area contributed by atoms with Crippen molar-refractivity contribution in [3.63, 3.8) is 0 Å². The van der Waals surface area contributed by atoms with Gasteiger partial charge in [0.2, 0.25) is 0 Å². The summed E-state index contributed by atoms with van der Waals surface area (Å²) in [5, 5.41) is 5.72. The molecule has 0 N–H and O–H groups in total. The maximum absolute atomic E-state index is 13.1. The molecule has 6 nitrogen and oxygen atoms in total. The monoisotopic (exact) mass is 433 g/mol. The Labute approximate surface area is 177 Å². The third-order valence-electron chi connectivity index (χ3n) is 5.70. The number of fused-ring (bicyclic) bond motifs is 3. The summed E-state index contributed by atoms with van der Waals surface area (Å²) < 4.78 is 11.1. The van der Waals surface area contributed by atoms with Gasteiger partial charge in [0.25, 0.3) is 0 Å². The number of nitrogens with zero attached hydrogens (tertiary/aromatic N) is 1. The Bertz CT molecular complexity index is 802. The highest BCUT2D eigenvalue weighted by molar-refractivity contribution is 7.10. The van der Waals surface area contributed by atoms with E-state index in [1.54, 1.807) is 0 Å². The van der Waals surface area contributed by atoms with Crippen LogP contribution < -0.4 is 0 Å². The number of carbonyl (C=O) groups is 3. The first-order valence-corrected chi connectivity index (χ1v) is 11.5. The maximum Gasteiger partial charge on any atom is 0.311 e. The van der Waals surface area contributed by atoms with Crippen LogP contribution in [0, 0.1) is 5.92 Å². The molecule has 1 atom stereocenters. The summed E-state index contributed by atoms with van der Waals surface area (Å²) in [6.07, 6.45) is 1.98. The van der Waals surface area contributed by atoms with Gasteiger partial charge in [0.05, 0.1) is 12.8 Å². The molecule has 5 rings (SSSR count). The second kappa shape index (κ2) is 8.77. The molecule has 154 valence electrons. The van der Waals surface area contributed by atoms with Crippen molar-refractivity contribution in [2.75, 3.05) is 26.3 Å². The molecule has 1 unspecified atom stereocenters. The molecule has 3 aliphatic heterocycles. The minimum Gasteiger partial charge on any atom is -0.463 e. The Morgan fingerprint density at radius 2 is 1.79 bits per heavy atom. The SMILES string of the molecule is O=C(Cc1ccsc1)OCC1(COC(=O)Cc2cccs2)C(=O)C2CCN1CC2. The highest BCUT2D eigenvalue weighted by Crippen LogP contribution is 2.37. The highest BCUT2D eigenvalue weighted by Gasteiger charge is 2.54. The van der Waals surface area contributed by atoms with Crippen LogP contribution in [0.1, 0.15) is 23.3 Å². The van der Waals surface area contributed by atoms with Gasteiger partial charge in [0.1, 0.15) is 18.8 Å². The summed E-state index contributed by atoms with van der Waals surface area (Å²) in [7, 11) is 0. The fourth-order valence-electron chi connectivity index (χ4n) is 4.09. The van der Waals surface area contributed by atoms with Crippen molar-refractivity contribution >= 4 is 40.4 Å². The zero-order chi connectivity index (χ0) is 20.3. The third kappa shape index (κ3) is 4.44. The number of carbonyl (C=O) groups excluding carboxylic acids is 3. The molecular weight excluding hydrogens is 410 g/mol. The molecule has 3 fully saturated rings. The summed E-state index contributed by atoms with van der Waals surface area (Å²) in [6.45, 7) is 1.36.